The van der Waals surface area contributed by atoms with Gasteiger partial charge in [-0.2, -0.15) is 0 Å². The van der Waals surface area contributed by atoms with Crippen LogP contribution in [0.1, 0.15) is 24.0 Å². The average molecular weight is 375 g/mol. The molecular formula is C18H28Cl2N2O2. The molecule has 136 valence electrons. The van der Waals surface area contributed by atoms with E-state index in [2.05, 4.69) is 60.3 Å². The van der Waals surface area contributed by atoms with Crippen LogP contribution in [0.4, 0.5) is 0 Å². The molecule has 6 heteroatoms. The summed E-state index contributed by atoms with van der Waals surface area (Å²) in [5, 5.41) is 0. The van der Waals surface area contributed by atoms with Gasteiger partial charge in [0.05, 0.1) is 0 Å². The molecule has 0 saturated heterocycles. The van der Waals surface area contributed by atoms with E-state index in [-0.39, 0.29) is 24.8 Å². The van der Waals surface area contributed by atoms with Gasteiger partial charge in [-0.1, -0.05) is 60.7 Å². The Morgan fingerprint density at radius 1 is 0.583 bits per heavy atom. The Hall–Kier alpha value is -1.14. The number of quaternary nitrogens is 2. The molecule has 0 atom stereocenters. The first-order chi connectivity index (χ1) is 10.9. The van der Waals surface area contributed by atoms with Crippen molar-refractivity contribution >= 4 is 0 Å². The summed E-state index contributed by atoms with van der Waals surface area (Å²) in [6.07, 6.45) is 4.26. The van der Waals surface area contributed by atoms with E-state index in [0.717, 1.165) is 38.9 Å². The molecule has 0 aliphatic heterocycles. The van der Waals surface area contributed by atoms with Crippen LogP contribution < -0.4 is 36.6 Å². The Morgan fingerprint density at radius 2 is 0.917 bits per heavy atom. The lowest BCUT2D eigenvalue weighted by Gasteiger charge is -1.97. The Bertz CT molecular complexity index is 427. The molecule has 0 radical (unpaired) electrons. The van der Waals surface area contributed by atoms with Gasteiger partial charge in [-0.3, -0.25) is 0 Å². The van der Waals surface area contributed by atoms with E-state index in [4.69, 9.17) is 9.68 Å². The number of hydrogen-bond acceptors (Lipinski definition) is 2. The van der Waals surface area contributed by atoms with Crippen LogP contribution >= 0.6 is 0 Å². The lowest BCUT2D eigenvalue weighted by molar-refractivity contribution is -0.689. The fourth-order valence-electron chi connectivity index (χ4n) is 2.05. The van der Waals surface area contributed by atoms with Gasteiger partial charge in [0.2, 0.25) is 0 Å². The number of benzene rings is 2. The van der Waals surface area contributed by atoms with E-state index in [1.54, 1.807) is 0 Å². The van der Waals surface area contributed by atoms with Crippen LogP contribution in [-0.4, -0.2) is 13.2 Å². The van der Waals surface area contributed by atoms with E-state index < -0.39 is 0 Å². The van der Waals surface area contributed by atoms with Crippen molar-refractivity contribution in [2.24, 2.45) is 0 Å². The molecule has 24 heavy (non-hydrogen) atoms. The Morgan fingerprint density at radius 3 is 1.21 bits per heavy atom. The molecule has 0 bridgehead atoms. The molecule has 2 aromatic rings. The van der Waals surface area contributed by atoms with Gasteiger partial charge in [0.25, 0.3) is 0 Å². The van der Waals surface area contributed by atoms with Gasteiger partial charge in [0.15, 0.2) is 0 Å². The predicted octanol–water partition coefficient (Wildman–Crippen LogP) is -4.41. The summed E-state index contributed by atoms with van der Waals surface area (Å²) in [4.78, 5) is 9.43. The number of halogens is 2. The van der Waals surface area contributed by atoms with E-state index in [0.29, 0.717) is 0 Å². The highest BCUT2D eigenvalue weighted by molar-refractivity contribution is 5.15. The number of hydrogen-bond donors (Lipinski definition) is 2. The smallest absolute Gasteiger partial charge is 0.106 e. The minimum absolute atomic E-state index is 0. The summed E-state index contributed by atoms with van der Waals surface area (Å²) < 4.78 is 0. The maximum absolute atomic E-state index is 4.71. The monoisotopic (exact) mass is 374 g/mol. The lowest BCUT2D eigenvalue weighted by atomic mass is 10.1. The van der Waals surface area contributed by atoms with Gasteiger partial charge < -0.3 is 24.8 Å². The molecule has 0 amide bonds. The Labute approximate surface area is 157 Å². The molecule has 2 rings (SSSR count). The minimum atomic E-state index is 0. The largest absolute Gasteiger partial charge is 1.00 e. The first kappa shape index (κ1) is 25.1. The van der Waals surface area contributed by atoms with Crippen molar-refractivity contribution in [2.45, 2.75) is 25.7 Å². The van der Waals surface area contributed by atoms with E-state index in [1.807, 2.05) is 12.1 Å². The highest BCUT2D eigenvalue weighted by atomic mass is 35.5. The maximum Gasteiger partial charge on any atom is 0.106 e. The van der Waals surface area contributed by atoms with Crippen LogP contribution in [0.25, 0.3) is 0 Å². The molecule has 0 aromatic heterocycles. The molecule has 0 unspecified atom stereocenters. The van der Waals surface area contributed by atoms with Crippen LogP contribution in [-0.2, 0) is 22.5 Å². The third-order valence-corrected chi connectivity index (χ3v) is 3.19. The fourth-order valence-corrected chi connectivity index (χ4v) is 2.05. The van der Waals surface area contributed by atoms with Crippen LogP contribution in [0, 0.1) is 0 Å². The molecular weight excluding hydrogens is 347 g/mol. The topological polar surface area (TPSA) is 73.7 Å². The summed E-state index contributed by atoms with van der Waals surface area (Å²) in [5.41, 5.74) is 2.73. The summed E-state index contributed by atoms with van der Waals surface area (Å²) in [6.45, 7) is 1.49. The van der Waals surface area contributed by atoms with Crippen LogP contribution in [0.15, 0.2) is 60.7 Å². The van der Waals surface area contributed by atoms with Gasteiger partial charge in [0, 0.05) is 0 Å². The van der Waals surface area contributed by atoms with Gasteiger partial charge >= 0.3 is 0 Å². The second-order valence-electron chi connectivity index (χ2n) is 4.99. The SMILES string of the molecule is [Cl-].[Cl-].[NH3+]OCCCc1ccccc1.[NH3+]OCCCc1ccccc1. The quantitative estimate of drug-likeness (QED) is 0.361. The number of aryl methyl sites for hydroxylation is 2. The lowest BCUT2D eigenvalue weighted by Crippen LogP contribution is -3.00. The second kappa shape index (κ2) is 18.2. The molecule has 0 saturated carbocycles. The van der Waals surface area contributed by atoms with E-state index >= 15 is 0 Å². The first-order valence-corrected chi connectivity index (χ1v) is 7.68. The summed E-state index contributed by atoms with van der Waals surface area (Å²) in [7, 11) is 0. The van der Waals surface area contributed by atoms with Crippen molar-refractivity contribution in [3.8, 4) is 0 Å². The van der Waals surface area contributed by atoms with Gasteiger partial charge in [0.1, 0.15) is 13.2 Å². The summed E-state index contributed by atoms with van der Waals surface area (Å²) in [6, 6.07) is 20.8. The fraction of sp³-hybridized carbons (Fsp3) is 0.333. The van der Waals surface area contributed by atoms with Crippen molar-refractivity contribution < 1.29 is 46.3 Å². The van der Waals surface area contributed by atoms with E-state index in [1.165, 1.54) is 11.1 Å². The molecule has 0 spiro atoms. The third-order valence-electron chi connectivity index (χ3n) is 3.19. The zero-order valence-corrected chi connectivity index (χ0v) is 15.5. The highest BCUT2D eigenvalue weighted by Crippen LogP contribution is 2.02. The van der Waals surface area contributed by atoms with Crippen LogP contribution in [0.2, 0.25) is 0 Å². The first-order valence-electron chi connectivity index (χ1n) is 7.68. The van der Waals surface area contributed by atoms with Crippen LogP contribution in [0.5, 0.6) is 0 Å². The molecule has 0 aliphatic rings. The van der Waals surface area contributed by atoms with Crippen molar-refractivity contribution in [1.29, 1.82) is 0 Å². The minimum Gasteiger partial charge on any atom is -1.00 e. The molecule has 0 aliphatic carbocycles. The highest BCUT2D eigenvalue weighted by Gasteiger charge is 1.91. The molecule has 0 fully saturated rings. The van der Waals surface area contributed by atoms with Crippen molar-refractivity contribution in [3.05, 3.63) is 71.8 Å². The van der Waals surface area contributed by atoms with E-state index in [9.17, 15) is 0 Å². The molecule has 0 heterocycles. The van der Waals surface area contributed by atoms with Gasteiger partial charge in [-0.15, -0.1) is 0 Å². The zero-order valence-electron chi connectivity index (χ0n) is 14.0. The standard InChI is InChI=1S/2C9H14NO.2ClH/c2*10-11-8-4-7-9-5-2-1-3-6-9;;/h2*1-3,5-6H,4,7-8H2,10H3;2*1H/q2*+1;;/p-2. The second-order valence-corrected chi connectivity index (χ2v) is 4.99. The number of rotatable bonds is 8. The van der Waals surface area contributed by atoms with Crippen molar-refractivity contribution in [2.75, 3.05) is 13.2 Å². The molecule has 4 nitrogen and oxygen atoms in total. The normalized spacial score (nSPS) is 9.08. The Kier molecular flexibility index (Phi) is 19.0. The summed E-state index contributed by atoms with van der Waals surface area (Å²) >= 11 is 0. The van der Waals surface area contributed by atoms with Crippen LogP contribution in [0.3, 0.4) is 0 Å². The molecule has 2 aromatic carbocycles. The van der Waals surface area contributed by atoms with Gasteiger partial charge in [-0.25, -0.2) is 21.5 Å². The summed E-state index contributed by atoms with van der Waals surface area (Å²) in [5.74, 6) is 6.63. The predicted molar refractivity (Wildman–Crippen MR) is 87.2 cm³/mol. The Balaban J connectivity index is 0. The molecule has 6 N–H and O–H groups in total. The zero-order chi connectivity index (χ0) is 15.9. The van der Waals surface area contributed by atoms with Crippen molar-refractivity contribution in [1.82, 2.24) is 0 Å². The van der Waals surface area contributed by atoms with Crippen molar-refractivity contribution in [3.63, 3.8) is 0 Å². The maximum atomic E-state index is 4.71. The van der Waals surface area contributed by atoms with Gasteiger partial charge in [-0.05, 0) is 36.8 Å². The third kappa shape index (κ3) is 13.3. The average Bonchev–Trinajstić information content (AvgIpc) is 2.58.